The Balaban J connectivity index is 1.74. The minimum atomic E-state index is -0.567. The second kappa shape index (κ2) is 8.45. The Labute approximate surface area is 141 Å². The Morgan fingerprint density at radius 2 is 2.09 bits per heavy atom. The number of nitrogens with zero attached hydrogens (tertiary/aromatic N) is 2. The summed E-state index contributed by atoms with van der Waals surface area (Å²) in [5, 5.41) is 14.7. The van der Waals surface area contributed by atoms with Gasteiger partial charge in [0.25, 0.3) is 0 Å². The molecule has 0 aliphatic rings. The molecule has 6 heteroatoms. The summed E-state index contributed by atoms with van der Waals surface area (Å²) >= 11 is 6.07. The van der Waals surface area contributed by atoms with Gasteiger partial charge in [-0.05, 0) is 32.5 Å². The van der Waals surface area contributed by atoms with Crippen molar-refractivity contribution in [1.29, 1.82) is 0 Å². The van der Waals surface area contributed by atoms with Gasteiger partial charge in [0.05, 0.1) is 25.0 Å². The third-order valence-electron chi connectivity index (χ3n) is 3.66. The standard InChI is InChI=1S/C17H23ClN2O3/c1-12-16(13(2)23-19-12)9-20(3)8-15(21)11-22-10-14-6-4-5-7-17(14)18/h4-7,15,21H,8-11H2,1-3H3. The molecule has 1 aromatic heterocycles. The number of ether oxygens (including phenoxy) is 1. The van der Waals surface area contributed by atoms with E-state index in [1.165, 1.54) is 0 Å². The lowest BCUT2D eigenvalue weighted by Gasteiger charge is -2.20. The molecule has 1 aromatic carbocycles. The number of aryl methyl sites for hydroxylation is 2. The van der Waals surface area contributed by atoms with Gasteiger partial charge in [-0.25, -0.2) is 0 Å². The smallest absolute Gasteiger partial charge is 0.138 e. The van der Waals surface area contributed by atoms with Crippen molar-refractivity contribution in [2.75, 3.05) is 20.2 Å². The van der Waals surface area contributed by atoms with Crippen molar-refractivity contribution in [1.82, 2.24) is 10.1 Å². The van der Waals surface area contributed by atoms with E-state index < -0.39 is 6.10 Å². The van der Waals surface area contributed by atoms with Gasteiger partial charge in [-0.15, -0.1) is 0 Å². The van der Waals surface area contributed by atoms with Crippen molar-refractivity contribution in [2.45, 2.75) is 33.1 Å². The van der Waals surface area contributed by atoms with Gasteiger partial charge in [0.15, 0.2) is 0 Å². The van der Waals surface area contributed by atoms with Crippen LogP contribution in [0.5, 0.6) is 0 Å². The molecule has 2 aromatic rings. The van der Waals surface area contributed by atoms with E-state index in [2.05, 4.69) is 5.16 Å². The molecule has 1 heterocycles. The third-order valence-corrected chi connectivity index (χ3v) is 4.03. The SMILES string of the molecule is Cc1noc(C)c1CN(C)CC(O)COCc1ccccc1Cl. The van der Waals surface area contributed by atoms with Gasteiger partial charge >= 0.3 is 0 Å². The van der Waals surface area contributed by atoms with Crippen LogP contribution in [0.4, 0.5) is 0 Å². The van der Waals surface area contributed by atoms with Crippen LogP contribution in [0.2, 0.25) is 5.02 Å². The Morgan fingerprint density at radius 1 is 1.35 bits per heavy atom. The van der Waals surface area contributed by atoms with Crippen LogP contribution in [-0.4, -0.2) is 41.5 Å². The highest BCUT2D eigenvalue weighted by Gasteiger charge is 2.14. The molecule has 2 rings (SSSR count). The zero-order valence-corrected chi connectivity index (χ0v) is 14.5. The number of aromatic nitrogens is 1. The first-order chi connectivity index (χ1) is 11.0. The first-order valence-corrected chi connectivity index (χ1v) is 7.94. The van der Waals surface area contributed by atoms with Crippen molar-refractivity contribution >= 4 is 11.6 Å². The number of hydrogen-bond acceptors (Lipinski definition) is 5. The molecule has 1 unspecified atom stereocenters. The molecule has 0 aliphatic carbocycles. The summed E-state index contributed by atoms with van der Waals surface area (Å²) in [5.41, 5.74) is 2.88. The molecule has 0 saturated carbocycles. The molecular weight excluding hydrogens is 316 g/mol. The number of rotatable bonds is 8. The summed E-state index contributed by atoms with van der Waals surface area (Å²) < 4.78 is 10.7. The van der Waals surface area contributed by atoms with Crippen molar-refractivity contribution in [2.24, 2.45) is 0 Å². The van der Waals surface area contributed by atoms with Crippen LogP contribution < -0.4 is 0 Å². The van der Waals surface area contributed by atoms with Crippen LogP contribution in [-0.2, 0) is 17.9 Å². The third kappa shape index (κ3) is 5.32. The molecule has 0 spiro atoms. The molecule has 0 radical (unpaired) electrons. The number of hydrogen-bond donors (Lipinski definition) is 1. The van der Waals surface area contributed by atoms with Crippen molar-refractivity contribution < 1.29 is 14.4 Å². The Bertz CT molecular complexity index is 611. The Hall–Kier alpha value is -1.40. The lowest BCUT2D eigenvalue weighted by atomic mass is 10.2. The number of aliphatic hydroxyl groups is 1. The van der Waals surface area contributed by atoms with E-state index in [4.69, 9.17) is 20.9 Å². The lowest BCUT2D eigenvalue weighted by molar-refractivity contribution is 0.0126. The van der Waals surface area contributed by atoms with Crippen LogP contribution in [0.3, 0.4) is 0 Å². The summed E-state index contributed by atoms with van der Waals surface area (Å²) in [6.45, 7) is 5.66. The highest BCUT2D eigenvalue weighted by molar-refractivity contribution is 6.31. The second-order valence-electron chi connectivity index (χ2n) is 5.76. The monoisotopic (exact) mass is 338 g/mol. The first-order valence-electron chi connectivity index (χ1n) is 7.57. The van der Waals surface area contributed by atoms with E-state index in [-0.39, 0.29) is 6.61 Å². The summed E-state index contributed by atoms with van der Waals surface area (Å²) in [4.78, 5) is 2.02. The highest BCUT2D eigenvalue weighted by atomic mass is 35.5. The molecule has 126 valence electrons. The van der Waals surface area contributed by atoms with Gasteiger partial charge in [0.1, 0.15) is 5.76 Å². The normalized spacial score (nSPS) is 12.8. The van der Waals surface area contributed by atoms with Gasteiger partial charge in [0, 0.05) is 23.7 Å². The van der Waals surface area contributed by atoms with Gasteiger partial charge < -0.3 is 14.4 Å². The highest BCUT2D eigenvalue weighted by Crippen LogP contribution is 2.16. The molecule has 5 nitrogen and oxygen atoms in total. The Kier molecular flexibility index (Phi) is 6.59. The summed E-state index contributed by atoms with van der Waals surface area (Å²) in [6.07, 6.45) is -0.567. The average molecular weight is 339 g/mol. The van der Waals surface area contributed by atoms with Crippen molar-refractivity contribution in [3.8, 4) is 0 Å². The molecule has 23 heavy (non-hydrogen) atoms. The maximum atomic E-state index is 10.1. The molecule has 1 N–H and O–H groups in total. The predicted octanol–water partition coefficient (Wildman–Crippen LogP) is 2.95. The van der Waals surface area contributed by atoms with Crippen molar-refractivity contribution in [3.05, 3.63) is 51.9 Å². The Morgan fingerprint density at radius 3 is 2.74 bits per heavy atom. The summed E-state index contributed by atoms with van der Waals surface area (Å²) in [7, 11) is 1.95. The fourth-order valence-electron chi connectivity index (χ4n) is 2.39. The van der Waals surface area contributed by atoms with Crippen LogP contribution in [0.1, 0.15) is 22.6 Å². The van der Waals surface area contributed by atoms with Gasteiger partial charge in [-0.2, -0.15) is 0 Å². The number of halogens is 1. The summed E-state index contributed by atoms with van der Waals surface area (Å²) in [5.74, 6) is 0.818. The van der Waals surface area contributed by atoms with E-state index >= 15 is 0 Å². The van der Waals surface area contributed by atoms with Crippen molar-refractivity contribution in [3.63, 3.8) is 0 Å². The second-order valence-corrected chi connectivity index (χ2v) is 6.17. The number of benzene rings is 1. The fourth-order valence-corrected chi connectivity index (χ4v) is 2.59. The minimum Gasteiger partial charge on any atom is -0.389 e. The largest absolute Gasteiger partial charge is 0.389 e. The molecule has 0 aliphatic heterocycles. The van der Waals surface area contributed by atoms with Crippen LogP contribution in [0.25, 0.3) is 0 Å². The molecule has 0 fully saturated rings. The van der Waals surface area contributed by atoms with Crippen LogP contribution in [0, 0.1) is 13.8 Å². The minimum absolute atomic E-state index is 0.261. The average Bonchev–Trinajstić information content (AvgIpc) is 2.81. The maximum absolute atomic E-state index is 10.1. The zero-order valence-electron chi connectivity index (χ0n) is 13.8. The number of aliphatic hydroxyl groups excluding tert-OH is 1. The predicted molar refractivity (Wildman–Crippen MR) is 89.4 cm³/mol. The maximum Gasteiger partial charge on any atom is 0.138 e. The molecular formula is C17H23ClN2O3. The molecule has 0 amide bonds. The van der Waals surface area contributed by atoms with Gasteiger partial charge in [0.2, 0.25) is 0 Å². The quantitative estimate of drug-likeness (QED) is 0.802. The number of likely N-dealkylation sites (N-methyl/N-ethyl adjacent to an activating group) is 1. The first kappa shape index (κ1) is 17.9. The van der Waals surface area contributed by atoms with E-state index in [9.17, 15) is 5.11 Å². The lowest BCUT2D eigenvalue weighted by Crippen LogP contribution is -2.32. The van der Waals surface area contributed by atoms with E-state index in [1.54, 1.807) is 0 Å². The van der Waals surface area contributed by atoms with Crippen LogP contribution >= 0.6 is 11.6 Å². The molecule has 1 atom stereocenters. The molecule has 0 saturated heterocycles. The molecule has 0 bridgehead atoms. The van der Waals surface area contributed by atoms with E-state index in [0.717, 1.165) is 22.6 Å². The van der Waals surface area contributed by atoms with Crippen LogP contribution in [0.15, 0.2) is 28.8 Å². The zero-order chi connectivity index (χ0) is 16.8. The fraction of sp³-hybridized carbons (Fsp3) is 0.471. The topological polar surface area (TPSA) is 58.7 Å². The van der Waals surface area contributed by atoms with Gasteiger partial charge in [-0.1, -0.05) is 35.0 Å². The van der Waals surface area contributed by atoms with E-state index in [0.29, 0.717) is 24.7 Å². The van der Waals surface area contributed by atoms with E-state index in [1.807, 2.05) is 50.1 Å². The van der Waals surface area contributed by atoms with Gasteiger partial charge in [-0.3, -0.25) is 4.90 Å². The summed E-state index contributed by atoms with van der Waals surface area (Å²) in [6, 6.07) is 7.54.